The zero-order chi connectivity index (χ0) is 11.3. The standard InChI is InChI=1S/C12H24N2O/c1-4-12(5-6-12)9-13-8-11(15)14-7-10(2)3/h10,13H,4-9H2,1-3H3,(H,14,15). The van der Waals surface area contributed by atoms with Crippen molar-refractivity contribution in [2.24, 2.45) is 11.3 Å². The molecule has 0 aromatic carbocycles. The maximum atomic E-state index is 11.4. The van der Waals surface area contributed by atoms with Gasteiger partial charge in [-0.15, -0.1) is 0 Å². The lowest BCUT2D eigenvalue weighted by molar-refractivity contribution is -0.120. The van der Waals surface area contributed by atoms with Crippen LogP contribution in [0.5, 0.6) is 0 Å². The van der Waals surface area contributed by atoms with E-state index in [4.69, 9.17) is 0 Å². The Hall–Kier alpha value is -0.570. The molecule has 0 spiro atoms. The van der Waals surface area contributed by atoms with E-state index in [1.807, 2.05) is 0 Å². The van der Waals surface area contributed by atoms with E-state index in [1.165, 1.54) is 19.3 Å². The molecule has 1 aliphatic carbocycles. The van der Waals surface area contributed by atoms with Gasteiger partial charge < -0.3 is 10.6 Å². The molecule has 0 saturated heterocycles. The highest BCUT2D eigenvalue weighted by molar-refractivity contribution is 5.77. The Labute approximate surface area is 93.0 Å². The largest absolute Gasteiger partial charge is 0.355 e. The zero-order valence-corrected chi connectivity index (χ0v) is 10.2. The van der Waals surface area contributed by atoms with Crippen molar-refractivity contribution >= 4 is 5.91 Å². The van der Waals surface area contributed by atoms with Gasteiger partial charge >= 0.3 is 0 Å². The molecule has 0 aromatic heterocycles. The van der Waals surface area contributed by atoms with Crippen LogP contribution in [0.4, 0.5) is 0 Å². The molecule has 3 heteroatoms. The fourth-order valence-electron chi connectivity index (χ4n) is 1.65. The molecule has 1 amide bonds. The molecule has 0 aliphatic heterocycles. The summed E-state index contributed by atoms with van der Waals surface area (Å²) >= 11 is 0. The van der Waals surface area contributed by atoms with Crippen LogP contribution >= 0.6 is 0 Å². The summed E-state index contributed by atoms with van der Waals surface area (Å²) in [6, 6.07) is 0. The minimum Gasteiger partial charge on any atom is -0.355 e. The quantitative estimate of drug-likeness (QED) is 0.672. The summed E-state index contributed by atoms with van der Waals surface area (Å²) in [6.45, 7) is 8.67. The molecule has 88 valence electrons. The smallest absolute Gasteiger partial charge is 0.233 e. The molecule has 0 radical (unpaired) electrons. The maximum Gasteiger partial charge on any atom is 0.233 e. The summed E-state index contributed by atoms with van der Waals surface area (Å²) < 4.78 is 0. The van der Waals surface area contributed by atoms with Crippen LogP contribution in [0.3, 0.4) is 0 Å². The van der Waals surface area contributed by atoms with E-state index in [9.17, 15) is 4.79 Å². The van der Waals surface area contributed by atoms with E-state index in [0.717, 1.165) is 13.1 Å². The Morgan fingerprint density at radius 3 is 2.53 bits per heavy atom. The van der Waals surface area contributed by atoms with Gasteiger partial charge in [-0.05, 0) is 30.6 Å². The SMILES string of the molecule is CCC1(CNCC(=O)NCC(C)C)CC1. The normalized spacial score (nSPS) is 17.9. The molecule has 0 aromatic rings. The van der Waals surface area contributed by atoms with E-state index in [0.29, 0.717) is 17.9 Å². The van der Waals surface area contributed by atoms with Crippen molar-refractivity contribution in [2.45, 2.75) is 40.0 Å². The Bertz CT molecular complexity index is 210. The van der Waals surface area contributed by atoms with Crippen LogP contribution in [0.15, 0.2) is 0 Å². The summed E-state index contributed by atoms with van der Waals surface area (Å²) in [5.41, 5.74) is 0.526. The molecule has 0 bridgehead atoms. The molecule has 1 fully saturated rings. The van der Waals surface area contributed by atoms with Crippen molar-refractivity contribution in [3.8, 4) is 0 Å². The van der Waals surface area contributed by atoms with Gasteiger partial charge in [-0.25, -0.2) is 0 Å². The van der Waals surface area contributed by atoms with Crippen LogP contribution in [0, 0.1) is 11.3 Å². The zero-order valence-electron chi connectivity index (χ0n) is 10.2. The van der Waals surface area contributed by atoms with Crippen LogP contribution in [0.1, 0.15) is 40.0 Å². The van der Waals surface area contributed by atoms with E-state index < -0.39 is 0 Å². The molecule has 1 saturated carbocycles. The minimum absolute atomic E-state index is 0.121. The number of amides is 1. The van der Waals surface area contributed by atoms with Crippen LogP contribution in [0.25, 0.3) is 0 Å². The van der Waals surface area contributed by atoms with E-state index in [-0.39, 0.29) is 5.91 Å². The van der Waals surface area contributed by atoms with Gasteiger partial charge in [0.25, 0.3) is 0 Å². The van der Waals surface area contributed by atoms with Crippen molar-refractivity contribution in [3.63, 3.8) is 0 Å². The lowest BCUT2D eigenvalue weighted by Gasteiger charge is -2.13. The third kappa shape index (κ3) is 4.65. The van der Waals surface area contributed by atoms with Gasteiger partial charge in [0.15, 0.2) is 0 Å². The number of hydrogen-bond acceptors (Lipinski definition) is 2. The second-order valence-corrected chi connectivity index (χ2v) is 5.16. The van der Waals surface area contributed by atoms with Gasteiger partial charge in [0.2, 0.25) is 5.91 Å². The number of hydrogen-bond donors (Lipinski definition) is 2. The molecule has 3 nitrogen and oxygen atoms in total. The van der Waals surface area contributed by atoms with E-state index in [1.54, 1.807) is 0 Å². The first-order chi connectivity index (χ1) is 7.08. The number of carbonyl (C=O) groups is 1. The highest BCUT2D eigenvalue weighted by atomic mass is 16.1. The molecule has 1 aliphatic rings. The molecule has 0 atom stereocenters. The number of carbonyl (C=O) groups excluding carboxylic acids is 1. The topological polar surface area (TPSA) is 41.1 Å². The first-order valence-corrected chi connectivity index (χ1v) is 6.05. The summed E-state index contributed by atoms with van der Waals surface area (Å²) in [6.07, 6.45) is 3.88. The van der Waals surface area contributed by atoms with E-state index >= 15 is 0 Å². The summed E-state index contributed by atoms with van der Waals surface area (Å²) in [5, 5.41) is 6.16. The third-order valence-corrected chi connectivity index (χ3v) is 3.20. The molecule has 2 N–H and O–H groups in total. The predicted octanol–water partition coefficient (Wildman–Crippen LogP) is 1.54. The van der Waals surface area contributed by atoms with Gasteiger partial charge in [-0.2, -0.15) is 0 Å². The summed E-state index contributed by atoms with van der Waals surface area (Å²) in [4.78, 5) is 11.4. The van der Waals surface area contributed by atoms with Crippen LogP contribution < -0.4 is 10.6 Å². The lowest BCUT2D eigenvalue weighted by atomic mass is 10.0. The van der Waals surface area contributed by atoms with Crippen molar-refractivity contribution in [1.82, 2.24) is 10.6 Å². The van der Waals surface area contributed by atoms with Crippen LogP contribution in [0.2, 0.25) is 0 Å². The summed E-state index contributed by atoms with van der Waals surface area (Å²) in [7, 11) is 0. The first kappa shape index (κ1) is 12.5. The molecule has 15 heavy (non-hydrogen) atoms. The second kappa shape index (κ2) is 5.50. The third-order valence-electron chi connectivity index (χ3n) is 3.20. The predicted molar refractivity (Wildman–Crippen MR) is 62.7 cm³/mol. The number of rotatable bonds is 7. The van der Waals surface area contributed by atoms with Crippen molar-refractivity contribution < 1.29 is 4.79 Å². The van der Waals surface area contributed by atoms with Gasteiger partial charge in [0.05, 0.1) is 6.54 Å². The number of nitrogens with one attached hydrogen (secondary N) is 2. The Kier molecular flexibility index (Phi) is 4.58. The van der Waals surface area contributed by atoms with Gasteiger partial charge in [0.1, 0.15) is 0 Å². The highest BCUT2D eigenvalue weighted by Crippen LogP contribution is 2.47. The molecule has 0 heterocycles. The average Bonchev–Trinajstić information content (AvgIpc) is 2.96. The fourth-order valence-corrected chi connectivity index (χ4v) is 1.65. The Morgan fingerprint density at radius 1 is 1.40 bits per heavy atom. The van der Waals surface area contributed by atoms with Gasteiger partial charge in [0, 0.05) is 13.1 Å². The van der Waals surface area contributed by atoms with Gasteiger partial charge in [-0.3, -0.25) is 4.79 Å². The molecule has 1 rings (SSSR count). The Morgan fingerprint density at radius 2 is 2.07 bits per heavy atom. The highest BCUT2D eigenvalue weighted by Gasteiger charge is 2.39. The lowest BCUT2D eigenvalue weighted by Crippen LogP contribution is -2.37. The van der Waals surface area contributed by atoms with Crippen molar-refractivity contribution in [3.05, 3.63) is 0 Å². The average molecular weight is 212 g/mol. The first-order valence-electron chi connectivity index (χ1n) is 6.05. The molecule has 0 unspecified atom stereocenters. The van der Waals surface area contributed by atoms with Crippen molar-refractivity contribution in [2.75, 3.05) is 19.6 Å². The molecular formula is C12H24N2O. The second-order valence-electron chi connectivity index (χ2n) is 5.16. The maximum absolute atomic E-state index is 11.4. The minimum atomic E-state index is 0.121. The monoisotopic (exact) mass is 212 g/mol. The Balaban J connectivity index is 2.02. The van der Waals surface area contributed by atoms with E-state index in [2.05, 4.69) is 31.4 Å². The fraction of sp³-hybridized carbons (Fsp3) is 0.917. The summed E-state index contributed by atoms with van der Waals surface area (Å²) in [5.74, 6) is 0.648. The van der Waals surface area contributed by atoms with Gasteiger partial charge in [-0.1, -0.05) is 20.8 Å². The van der Waals surface area contributed by atoms with Crippen LogP contribution in [-0.4, -0.2) is 25.5 Å². The van der Waals surface area contributed by atoms with Crippen LogP contribution in [-0.2, 0) is 4.79 Å². The van der Waals surface area contributed by atoms with Crippen molar-refractivity contribution in [1.29, 1.82) is 0 Å². The molecular weight excluding hydrogens is 188 g/mol.